The van der Waals surface area contributed by atoms with Crippen LogP contribution in [0.1, 0.15) is 32.1 Å². The molecule has 4 heteroatoms. The van der Waals surface area contributed by atoms with Gasteiger partial charge in [-0.15, -0.1) is 23.2 Å². The van der Waals surface area contributed by atoms with Crippen molar-refractivity contribution in [1.82, 2.24) is 0 Å². The smallest absolute Gasteiger partial charge is 0.220 e. The van der Waals surface area contributed by atoms with E-state index in [-0.39, 0.29) is 4.46 Å². The largest absolute Gasteiger partial charge is 0.411 e. The molecule has 4 aliphatic rings. The van der Waals surface area contributed by atoms with Crippen LogP contribution in [0.2, 0.25) is 13.1 Å². The summed E-state index contributed by atoms with van der Waals surface area (Å²) in [6.45, 7) is 4.31. The summed E-state index contributed by atoms with van der Waals surface area (Å²) in [5, 5.41) is 0. The summed E-state index contributed by atoms with van der Waals surface area (Å²) < 4.78 is 6.15. The Morgan fingerprint density at radius 3 is 1.82 bits per heavy atom. The molecular formula is C13H22Cl2OSi. The van der Waals surface area contributed by atoms with E-state index in [1.807, 2.05) is 0 Å². The lowest BCUT2D eigenvalue weighted by atomic mass is 9.55. The monoisotopic (exact) mass is 292 g/mol. The number of alkyl halides is 2. The van der Waals surface area contributed by atoms with Crippen molar-refractivity contribution in [2.75, 3.05) is 0 Å². The molecular weight excluding hydrogens is 271 g/mol. The van der Waals surface area contributed by atoms with E-state index in [4.69, 9.17) is 27.6 Å². The lowest BCUT2D eigenvalue weighted by Crippen LogP contribution is -2.54. The van der Waals surface area contributed by atoms with Crippen LogP contribution >= 0.6 is 23.2 Å². The second-order valence-corrected chi connectivity index (χ2v) is 12.8. The summed E-state index contributed by atoms with van der Waals surface area (Å²) in [6.07, 6.45) is 7.57. The molecule has 17 heavy (non-hydrogen) atoms. The number of halogens is 2. The quantitative estimate of drug-likeness (QED) is 0.554. The van der Waals surface area contributed by atoms with Crippen LogP contribution in [-0.2, 0) is 4.43 Å². The Morgan fingerprint density at radius 2 is 1.41 bits per heavy atom. The number of hydrogen-bond acceptors (Lipinski definition) is 1. The summed E-state index contributed by atoms with van der Waals surface area (Å²) in [5.41, 5.74) is 0. The van der Waals surface area contributed by atoms with Gasteiger partial charge in [-0.3, -0.25) is 0 Å². The van der Waals surface area contributed by atoms with E-state index in [9.17, 15) is 0 Å². The van der Waals surface area contributed by atoms with Gasteiger partial charge in [0.2, 0.25) is 8.32 Å². The van der Waals surface area contributed by atoms with Crippen molar-refractivity contribution >= 4 is 31.5 Å². The number of hydrogen-bond donors (Lipinski definition) is 0. The first-order chi connectivity index (χ1) is 7.95. The van der Waals surface area contributed by atoms with Crippen LogP contribution in [0.5, 0.6) is 0 Å². The lowest BCUT2D eigenvalue weighted by molar-refractivity contribution is -0.0830. The lowest BCUT2D eigenvalue weighted by Gasteiger charge is -2.55. The maximum absolute atomic E-state index is 6.45. The maximum atomic E-state index is 6.45. The Balaban J connectivity index is 1.72. The van der Waals surface area contributed by atoms with Gasteiger partial charge in [-0.05, 0) is 68.9 Å². The predicted molar refractivity (Wildman–Crippen MR) is 74.9 cm³/mol. The molecule has 0 radical (unpaired) electrons. The zero-order chi connectivity index (χ0) is 12.2. The highest BCUT2D eigenvalue weighted by atomic mass is 35.5. The van der Waals surface area contributed by atoms with E-state index in [1.54, 1.807) is 0 Å². The van der Waals surface area contributed by atoms with Crippen LogP contribution in [-0.4, -0.2) is 18.9 Å². The van der Waals surface area contributed by atoms with Gasteiger partial charge in [-0.1, -0.05) is 0 Å². The standard InChI is InChI=1S/C13H22Cl2OSi/c1-17(2,13(14)15)16-12-10-4-8-3-9(6-10)7-11(12)5-8/h8-13H,3-7H2,1-2H3. The minimum atomic E-state index is -1.91. The van der Waals surface area contributed by atoms with Crippen molar-refractivity contribution < 1.29 is 4.43 Å². The van der Waals surface area contributed by atoms with Crippen LogP contribution in [0.25, 0.3) is 0 Å². The molecule has 0 aliphatic heterocycles. The fourth-order valence-corrected chi connectivity index (χ4v) is 5.97. The fourth-order valence-electron chi connectivity index (χ4n) is 4.47. The van der Waals surface area contributed by atoms with Gasteiger partial charge in [0.1, 0.15) is 4.46 Å². The van der Waals surface area contributed by atoms with Gasteiger partial charge in [-0.2, -0.15) is 0 Å². The third kappa shape index (κ3) is 2.31. The summed E-state index contributed by atoms with van der Waals surface area (Å²) >= 11 is 12.2. The summed E-state index contributed by atoms with van der Waals surface area (Å²) in [7, 11) is -1.91. The van der Waals surface area contributed by atoms with Gasteiger partial charge in [0.15, 0.2) is 0 Å². The first kappa shape index (κ1) is 12.8. The molecule has 0 saturated heterocycles. The molecule has 0 N–H and O–H groups in total. The van der Waals surface area contributed by atoms with E-state index >= 15 is 0 Å². The molecule has 4 rings (SSSR count). The van der Waals surface area contributed by atoms with Gasteiger partial charge < -0.3 is 4.43 Å². The van der Waals surface area contributed by atoms with Crippen molar-refractivity contribution in [3.63, 3.8) is 0 Å². The summed E-state index contributed by atoms with van der Waals surface area (Å²) in [4.78, 5) is 0. The first-order valence-electron chi connectivity index (χ1n) is 6.91. The van der Waals surface area contributed by atoms with Crippen molar-refractivity contribution in [2.45, 2.75) is 55.8 Å². The molecule has 0 aromatic carbocycles. The van der Waals surface area contributed by atoms with E-state index in [0.29, 0.717) is 6.10 Å². The normalized spacial score (nSPS) is 44.6. The molecule has 0 unspecified atom stereocenters. The fraction of sp³-hybridized carbons (Fsp3) is 1.00. The van der Waals surface area contributed by atoms with Gasteiger partial charge >= 0.3 is 0 Å². The van der Waals surface area contributed by atoms with Gasteiger partial charge in [0, 0.05) is 0 Å². The highest BCUT2D eigenvalue weighted by molar-refractivity contribution is 6.88. The summed E-state index contributed by atoms with van der Waals surface area (Å²) in [5.74, 6) is 3.63. The van der Waals surface area contributed by atoms with Crippen LogP contribution in [0.4, 0.5) is 0 Å². The molecule has 0 aromatic heterocycles. The topological polar surface area (TPSA) is 9.23 Å². The van der Waals surface area contributed by atoms with Crippen LogP contribution in [0.3, 0.4) is 0 Å². The third-order valence-corrected chi connectivity index (χ3v) is 10.2. The Bertz CT molecular complexity index is 278. The second kappa shape index (κ2) is 4.40. The molecule has 0 atom stereocenters. The van der Waals surface area contributed by atoms with E-state index < -0.39 is 8.32 Å². The molecule has 98 valence electrons. The van der Waals surface area contributed by atoms with E-state index in [0.717, 1.165) is 23.7 Å². The Labute approximate surface area is 115 Å². The third-order valence-electron chi connectivity index (χ3n) is 5.11. The van der Waals surface area contributed by atoms with Crippen LogP contribution in [0.15, 0.2) is 0 Å². The van der Waals surface area contributed by atoms with E-state index in [1.165, 1.54) is 32.1 Å². The van der Waals surface area contributed by atoms with Crippen molar-refractivity contribution in [2.24, 2.45) is 23.7 Å². The molecule has 0 aromatic rings. The average Bonchev–Trinajstić information content (AvgIpc) is 2.22. The molecule has 0 amide bonds. The van der Waals surface area contributed by atoms with Gasteiger partial charge in [0.05, 0.1) is 6.10 Å². The van der Waals surface area contributed by atoms with Crippen molar-refractivity contribution in [3.8, 4) is 0 Å². The highest BCUT2D eigenvalue weighted by Crippen LogP contribution is 2.55. The van der Waals surface area contributed by atoms with Gasteiger partial charge in [-0.25, -0.2) is 0 Å². The van der Waals surface area contributed by atoms with Gasteiger partial charge in [0.25, 0.3) is 0 Å². The molecule has 0 heterocycles. The highest BCUT2D eigenvalue weighted by Gasteiger charge is 2.50. The Hall–Kier alpha value is 0.757. The minimum absolute atomic E-state index is 0.306. The Morgan fingerprint density at radius 1 is 0.941 bits per heavy atom. The Kier molecular flexibility index (Phi) is 3.30. The predicted octanol–water partition coefficient (Wildman–Crippen LogP) is 4.38. The van der Waals surface area contributed by atoms with Crippen molar-refractivity contribution in [1.29, 1.82) is 0 Å². The molecule has 1 nitrogen and oxygen atoms in total. The van der Waals surface area contributed by atoms with Crippen molar-refractivity contribution in [3.05, 3.63) is 0 Å². The number of rotatable bonds is 3. The first-order valence-corrected chi connectivity index (χ1v) is 10.8. The van der Waals surface area contributed by atoms with Crippen LogP contribution < -0.4 is 0 Å². The maximum Gasteiger partial charge on any atom is 0.220 e. The molecule has 4 aliphatic carbocycles. The second-order valence-electron chi connectivity index (χ2n) is 6.92. The minimum Gasteiger partial charge on any atom is -0.411 e. The average molecular weight is 293 g/mol. The zero-order valence-corrected chi connectivity index (χ0v) is 13.2. The molecule has 4 bridgehead atoms. The zero-order valence-electron chi connectivity index (χ0n) is 10.7. The SMILES string of the molecule is C[Si](C)(OC1C2CC3CC(C2)CC1C3)C(Cl)Cl. The molecule has 4 fully saturated rings. The molecule has 0 spiro atoms. The van der Waals surface area contributed by atoms with Crippen LogP contribution in [0, 0.1) is 23.7 Å². The summed E-state index contributed by atoms with van der Waals surface area (Å²) in [6, 6.07) is 0. The molecule has 4 saturated carbocycles. The van der Waals surface area contributed by atoms with E-state index in [2.05, 4.69) is 13.1 Å².